The largest absolute Gasteiger partial charge is 0.490 e. The third kappa shape index (κ3) is 6.69. The van der Waals surface area contributed by atoms with Gasteiger partial charge < -0.3 is 19.7 Å². The minimum absolute atomic E-state index is 0.636. The number of hydrogen-bond acceptors (Lipinski definition) is 3. The lowest BCUT2D eigenvalue weighted by molar-refractivity contribution is 0.287. The number of aliphatic imine (C=N–C) groups is 1. The summed E-state index contributed by atoms with van der Waals surface area (Å²) < 4.78 is 11.3. The van der Waals surface area contributed by atoms with Crippen LogP contribution in [0.25, 0.3) is 0 Å². The monoisotopic (exact) mass is 335 g/mol. The van der Waals surface area contributed by atoms with Gasteiger partial charge in [-0.3, -0.25) is 4.99 Å². The van der Waals surface area contributed by atoms with Crippen molar-refractivity contribution in [1.29, 1.82) is 0 Å². The van der Waals surface area contributed by atoms with E-state index >= 15 is 0 Å². The number of unbranched alkanes of at least 4 members (excludes halogenated alkanes) is 1. The molecule has 0 fully saturated rings. The van der Waals surface area contributed by atoms with Gasteiger partial charge in [0, 0.05) is 27.2 Å². The van der Waals surface area contributed by atoms with Gasteiger partial charge in [-0.15, -0.1) is 0 Å². The predicted molar refractivity (Wildman–Crippen MR) is 101 cm³/mol. The van der Waals surface area contributed by atoms with Crippen molar-refractivity contribution in [1.82, 2.24) is 10.2 Å². The number of nitrogens with one attached hydrogen (secondary N) is 1. The Morgan fingerprint density at radius 1 is 1.12 bits per heavy atom. The molecule has 0 spiro atoms. The molecular formula is C19H33N3O2. The van der Waals surface area contributed by atoms with E-state index in [1.54, 1.807) is 0 Å². The first kappa shape index (κ1) is 20.1. The molecule has 1 N–H and O–H groups in total. The van der Waals surface area contributed by atoms with Crippen molar-refractivity contribution in [3.8, 4) is 11.5 Å². The Hall–Kier alpha value is -1.91. The lowest BCUT2D eigenvalue weighted by Crippen LogP contribution is -2.40. The Morgan fingerprint density at radius 2 is 1.83 bits per heavy atom. The molecule has 0 amide bonds. The smallest absolute Gasteiger partial charge is 0.193 e. The molecule has 0 unspecified atom stereocenters. The second kappa shape index (κ2) is 11.6. The van der Waals surface area contributed by atoms with Crippen LogP contribution in [0.4, 0.5) is 0 Å². The highest BCUT2D eigenvalue weighted by atomic mass is 16.5. The lowest BCUT2D eigenvalue weighted by atomic mass is 10.1. The summed E-state index contributed by atoms with van der Waals surface area (Å²) in [5, 5.41) is 3.42. The average molecular weight is 335 g/mol. The van der Waals surface area contributed by atoms with Gasteiger partial charge in [0.15, 0.2) is 17.5 Å². The summed E-state index contributed by atoms with van der Waals surface area (Å²) in [6, 6.07) is 6.16. The summed E-state index contributed by atoms with van der Waals surface area (Å²) in [6.07, 6.45) is 3.27. The Bertz CT molecular complexity index is 503. The number of benzene rings is 1. The van der Waals surface area contributed by atoms with Crippen LogP contribution in [-0.4, -0.2) is 51.3 Å². The Balaban J connectivity index is 2.58. The van der Waals surface area contributed by atoms with Crippen molar-refractivity contribution in [2.45, 2.75) is 40.0 Å². The molecule has 24 heavy (non-hydrogen) atoms. The van der Waals surface area contributed by atoms with E-state index in [0.717, 1.165) is 37.0 Å². The number of nitrogens with zero attached hydrogens (tertiary/aromatic N) is 2. The van der Waals surface area contributed by atoms with Crippen molar-refractivity contribution in [2.75, 3.05) is 40.4 Å². The van der Waals surface area contributed by atoms with Gasteiger partial charge >= 0.3 is 0 Å². The number of ether oxygens (including phenoxy) is 2. The first-order chi connectivity index (χ1) is 11.7. The first-order valence-corrected chi connectivity index (χ1v) is 8.96. The highest BCUT2D eigenvalue weighted by Crippen LogP contribution is 2.28. The molecule has 0 bridgehead atoms. The molecule has 0 aliphatic rings. The van der Waals surface area contributed by atoms with E-state index in [9.17, 15) is 0 Å². The summed E-state index contributed by atoms with van der Waals surface area (Å²) >= 11 is 0. The van der Waals surface area contributed by atoms with Gasteiger partial charge in [-0.2, -0.15) is 0 Å². The topological polar surface area (TPSA) is 46.1 Å². The maximum Gasteiger partial charge on any atom is 0.193 e. The van der Waals surface area contributed by atoms with Crippen molar-refractivity contribution in [3.05, 3.63) is 23.8 Å². The van der Waals surface area contributed by atoms with Crippen LogP contribution in [0.2, 0.25) is 0 Å². The zero-order valence-corrected chi connectivity index (χ0v) is 15.9. The maximum absolute atomic E-state index is 5.68. The molecule has 0 radical (unpaired) electrons. The number of rotatable bonds is 10. The third-order valence-corrected chi connectivity index (χ3v) is 3.73. The summed E-state index contributed by atoms with van der Waals surface area (Å²) in [5.41, 5.74) is 1.22. The molecule has 0 aromatic heterocycles. The SMILES string of the molecule is CCCCN(C)C(=NC)NCCc1ccc(OCC)c(OCC)c1. The molecular weight excluding hydrogens is 302 g/mol. The molecule has 0 saturated heterocycles. The van der Waals surface area contributed by atoms with Gasteiger partial charge in [-0.1, -0.05) is 19.4 Å². The molecule has 0 heterocycles. The van der Waals surface area contributed by atoms with E-state index in [4.69, 9.17) is 9.47 Å². The molecule has 5 nitrogen and oxygen atoms in total. The fourth-order valence-corrected chi connectivity index (χ4v) is 2.46. The molecule has 1 rings (SSSR count). The van der Waals surface area contributed by atoms with Crippen LogP contribution in [-0.2, 0) is 6.42 Å². The van der Waals surface area contributed by atoms with E-state index < -0.39 is 0 Å². The van der Waals surface area contributed by atoms with Gasteiger partial charge in [0.05, 0.1) is 13.2 Å². The van der Waals surface area contributed by atoms with E-state index in [1.165, 1.54) is 18.4 Å². The van der Waals surface area contributed by atoms with Crippen LogP contribution in [0, 0.1) is 0 Å². The van der Waals surface area contributed by atoms with Crippen LogP contribution in [0.5, 0.6) is 11.5 Å². The Labute approximate surface area is 147 Å². The fraction of sp³-hybridized carbons (Fsp3) is 0.632. The standard InChI is InChI=1S/C19H33N3O2/c1-6-9-14-22(5)19(20-4)21-13-12-16-10-11-17(23-7-2)18(15-16)24-8-3/h10-11,15H,6-9,12-14H2,1-5H3,(H,20,21). The molecule has 0 saturated carbocycles. The zero-order valence-electron chi connectivity index (χ0n) is 15.9. The normalized spacial score (nSPS) is 11.3. The summed E-state index contributed by atoms with van der Waals surface area (Å²) in [4.78, 5) is 6.52. The fourth-order valence-electron chi connectivity index (χ4n) is 2.46. The van der Waals surface area contributed by atoms with Crippen LogP contribution in [0.3, 0.4) is 0 Å². The molecule has 1 aromatic carbocycles. The quantitative estimate of drug-likeness (QED) is 0.526. The second-order valence-corrected chi connectivity index (χ2v) is 5.65. The number of guanidine groups is 1. The highest BCUT2D eigenvalue weighted by Gasteiger charge is 2.08. The van der Waals surface area contributed by atoms with Crippen molar-refractivity contribution in [3.63, 3.8) is 0 Å². The van der Waals surface area contributed by atoms with Gasteiger partial charge in [0.2, 0.25) is 0 Å². The Morgan fingerprint density at radius 3 is 2.46 bits per heavy atom. The minimum Gasteiger partial charge on any atom is -0.490 e. The number of hydrogen-bond donors (Lipinski definition) is 1. The maximum atomic E-state index is 5.68. The molecule has 0 aliphatic carbocycles. The second-order valence-electron chi connectivity index (χ2n) is 5.65. The lowest BCUT2D eigenvalue weighted by Gasteiger charge is -2.22. The van der Waals surface area contributed by atoms with E-state index in [-0.39, 0.29) is 0 Å². The zero-order chi connectivity index (χ0) is 17.8. The summed E-state index contributed by atoms with van der Waals surface area (Å²) in [7, 11) is 3.91. The summed E-state index contributed by atoms with van der Waals surface area (Å²) in [6.45, 7) is 9.30. The summed E-state index contributed by atoms with van der Waals surface area (Å²) in [5.74, 6) is 2.58. The third-order valence-electron chi connectivity index (χ3n) is 3.73. The van der Waals surface area contributed by atoms with Crippen LogP contribution in [0.1, 0.15) is 39.2 Å². The minimum atomic E-state index is 0.636. The molecule has 0 aliphatic heterocycles. The van der Waals surface area contributed by atoms with Crippen LogP contribution >= 0.6 is 0 Å². The van der Waals surface area contributed by atoms with Gasteiger partial charge in [-0.25, -0.2) is 0 Å². The van der Waals surface area contributed by atoms with Crippen molar-refractivity contribution < 1.29 is 9.47 Å². The Kier molecular flexibility index (Phi) is 9.73. The molecule has 0 atom stereocenters. The van der Waals surface area contributed by atoms with Gasteiger partial charge in [0.1, 0.15) is 0 Å². The average Bonchev–Trinajstić information content (AvgIpc) is 2.59. The van der Waals surface area contributed by atoms with Crippen LogP contribution < -0.4 is 14.8 Å². The van der Waals surface area contributed by atoms with Crippen molar-refractivity contribution in [2.24, 2.45) is 4.99 Å². The van der Waals surface area contributed by atoms with E-state index in [1.807, 2.05) is 27.0 Å². The molecule has 1 aromatic rings. The first-order valence-electron chi connectivity index (χ1n) is 8.96. The van der Waals surface area contributed by atoms with E-state index in [0.29, 0.717) is 13.2 Å². The van der Waals surface area contributed by atoms with Gasteiger partial charge in [-0.05, 0) is 44.4 Å². The predicted octanol–water partition coefficient (Wildman–Crippen LogP) is 3.33. The van der Waals surface area contributed by atoms with Crippen molar-refractivity contribution >= 4 is 5.96 Å². The highest BCUT2D eigenvalue weighted by molar-refractivity contribution is 5.79. The molecule has 5 heteroatoms. The van der Waals surface area contributed by atoms with Crippen LogP contribution in [0.15, 0.2) is 23.2 Å². The van der Waals surface area contributed by atoms with Gasteiger partial charge in [0.25, 0.3) is 0 Å². The van der Waals surface area contributed by atoms with E-state index in [2.05, 4.69) is 41.3 Å². The molecule has 136 valence electrons.